The largest absolute Gasteiger partial charge is 0.496 e. The first-order chi connectivity index (χ1) is 15.0. The molecule has 0 bridgehead atoms. The fraction of sp³-hybridized carbons (Fsp3) is 0.480. The second kappa shape index (κ2) is 9.17. The molecule has 7 heteroatoms. The van der Waals surface area contributed by atoms with Gasteiger partial charge in [0.2, 0.25) is 0 Å². The van der Waals surface area contributed by atoms with E-state index >= 15 is 0 Å². The Hall–Kier alpha value is -3.11. The molecular formula is C25H33N5O2. The van der Waals surface area contributed by atoms with Gasteiger partial charge in [0.1, 0.15) is 5.75 Å². The Balaban J connectivity index is 1.81. The normalized spacial score (nSPS) is 17.3. The van der Waals surface area contributed by atoms with Crippen LogP contribution in [0.2, 0.25) is 0 Å². The summed E-state index contributed by atoms with van der Waals surface area (Å²) >= 11 is 0. The molecule has 1 aliphatic rings. The van der Waals surface area contributed by atoms with Crippen molar-refractivity contribution in [3.63, 3.8) is 0 Å². The van der Waals surface area contributed by atoms with E-state index < -0.39 is 0 Å². The van der Waals surface area contributed by atoms with E-state index in [1.807, 2.05) is 18.2 Å². The highest BCUT2D eigenvalue weighted by atomic mass is 16.5. The van der Waals surface area contributed by atoms with Crippen LogP contribution in [-0.2, 0) is 0 Å². The Labute approximate surface area is 190 Å². The van der Waals surface area contributed by atoms with E-state index in [2.05, 4.69) is 66.4 Å². The van der Waals surface area contributed by atoms with Crippen molar-refractivity contribution < 1.29 is 9.53 Å². The van der Waals surface area contributed by atoms with E-state index in [-0.39, 0.29) is 23.5 Å². The molecular weight excluding hydrogens is 402 g/mol. The molecule has 2 heterocycles. The van der Waals surface area contributed by atoms with Crippen LogP contribution in [0.4, 0.5) is 5.82 Å². The third-order valence-electron chi connectivity index (χ3n) is 5.82. The van der Waals surface area contributed by atoms with Gasteiger partial charge in [-0.1, -0.05) is 5.92 Å². The minimum Gasteiger partial charge on any atom is -0.496 e. The molecule has 3 rings (SSSR count). The standard InChI is InChI=1S/C25H33N5O2/c1-8-13-26-23(31)17-9-10-19(21(14-17)32-7)20-11-12-22(28-27-20)30(6)18-15-24(2,3)29-25(4,5)16-18/h1,9-12,14,18,29H,13,15-16H2,2-7H3,(H,26,31). The summed E-state index contributed by atoms with van der Waals surface area (Å²) in [7, 11) is 3.65. The number of piperidine rings is 1. The molecule has 0 radical (unpaired) electrons. The van der Waals surface area contributed by atoms with Gasteiger partial charge in [-0.25, -0.2) is 0 Å². The molecule has 0 spiro atoms. The number of benzene rings is 1. The SMILES string of the molecule is C#CCNC(=O)c1ccc(-c2ccc(N(C)C3CC(C)(C)NC(C)(C)C3)nn2)c(OC)c1. The van der Waals surface area contributed by atoms with Crippen LogP contribution in [0, 0.1) is 12.3 Å². The van der Waals surface area contributed by atoms with Crippen molar-refractivity contribution in [2.24, 2.45) is 0 Å². The third-order valence-corrected chi connectivity index (χ3v) is 5.82. The summed E-state index contributed by atoms with van der Waals surface area (Å²) in [6.45, 7) is 9.14. The lowest BCUT2D eigenvalue weighted by Gasteiger charge is -2.49. The lowest BCUT2D eigenvalue weighted by molar-refractivity contribution is 0.0958. The molecule has 0 aliphatic carbocycles. The molecule has 1 amide bonds. The van der Waals surface area contributed by atoms with E-state index in [1.165, 1.54) is 0 Å². The van der Waals surface area contributed by atoms with Crippen LogP contribution >= 0.6 is 0 Å². The Kier molecular flexibility index (Phi) is 6.75. The molecule has 1 saturated heterocycles. The maximum atomic E-state index is 12.2. The molecule has 0 unspecified atom stereocenters. The Morgan fingerprint density at radius 2 is 1.91 bits per heavy atom. The number of hydrogen-bond acceptors (Lipinski definition) is 6. The third kappa shape index (κ3) is 5.38. The maximum Gasteiger partial charge on any atom is 0.252 e. The van der Waals surface area contributed by atoms with Crippen molar-refractivity contribution >= 4 is 11.7 Å². The number of terminal acetylenes is 1. The number of nitrogens with zero attached hydrogens (tertiary/aromatic N) is 3. The maximum absolute atomic E-state index is 12.2. The summed E-state index contributed by atoms with van der Waals surface area (Å²) in [6, 6.07) is 9.50. The highest BCUT2D eigenvalue weighted by molar-refractivity contribution is 5.95. The lowest BCUT2D eigenvalue weighted by Crippen LogP contribution is -2.62. The molecule has 170 valence electrons. The summed E-state index contributed by atoms with van der Waals surface area (Å²) in [5.41, 5.74) is 2.03. The number of methoxy groups -OCH3 is 1. The van der Waals surface area contributed by atoms with Crippen molar-refractivity contribution in [3.8, 4) is 29.4 Å². The van der Waals surface area contributed by atoms with Gasteiger partial charge >= 0.3 is 0 Å². The average Bonchev–Trinajstić information content (AvgIpc) is 2.74. The van der Waals surface area contributed by atoms with Gasteiger partial charge in [-0.15, -0.1) is 16.6 Å². The minimum atomic E-state index is -0.247. The monoisotopic (exact) mass is 435 g/mol. The molecule has 1 fully saturated rings. The summed E-state index contributed by atoms with van der Waals surface area (Å²) < 4.78 is 5.51. The van der Waals surface area contributed by atoms with E-state index in [0.717, 1.165) is 24.2 Å². The molecule has 2 N–H and O–H groups in total. The van der Waals surface area contributed by atoms with Gasteiger partial charge < -0.3 is 20.3 Å². The number of ether oxygens (including phenoxy) is 1. The quantitative estimate of drug-likeness (QED) is 0.678. The first-order valence-corrected chi connectivity index (χ1v) is 10.8. The van der Waals surface area contributed by atoms with Crippen LogP contribution in [0.15, 0.2) is 30.3 Å². The number of carbonyl (C=O) groups excluding carboxylic acids is 1. The number of hydrogen-bond donors (Lipinski definition) is 2. The predicted molar refractivity (Wildman–Crippen MR) is 128 cm³/mol. The van der Waals surface area contributed by atoms with Gasteiger partial charge in [-0.05, 0) is 70.9 Å². The predicted octanol–water partition coefficient (Wildman–Crippen LogP) is 3.26. The number of anilines is 1. The van der Waals surface area contributed by atoms with Crippen molar-refractivity contribution in [2.75, 3.05) is 25.6 Å². The van der Waals surface area contributed by atoms with Gasteiger partial charge in [-0.3, -0.25) is 4.79 Å². The fourth-order valence-corrected chi connectivity index (χ4v) is 4.66. The Morgan fingerprint density at radius 1 is 1.22 bits per heavy atom. The highest BCUT2D eigenvalue weighted by Crippen LogP contribution is 2.34. The van der Waals surface area contributed by atoms with Crippen molar-refractivity contribution in [3.05, 3.63) is 35.9 Å². The number of carbonyl (C=O) groups is 1. The number of rotatable bonds is 6. The van der Waals surface area contributed by atoms with Crippen molar-refractivity contribution in [1.29, 1.82) is 0 Å². The van der Waals surface area contributed by atoms with Crippen LogP contribution in [0.5, 0.6) is 5.75 Å². The Morgan fingerprint density at radius 3 is 2.47 bits per heavy atom. The molecule has 0 atom stereocenters. The van der Waals surface area contributed by atoms with E-state index in [0.29, 0.717) is 23.0 Å². The summed E-state index contributed by atoms with van der Waals surface area (Å²) in [6.07, 6.45) is 7.25. The number of aromatic nitrogens is 2. The fourth-order valence-electron chi connectivity index (χ4n) is 4.66. The summed E-state index contributed by atoms with van der Waals surface area (Å²) in [5, 5.41) is 15.3. The summed E-state index contributed by atoms with van der Waals surface area (Å²) in [5.74, 6) is 3.53. The van der Waals surface area contributed by atoms with Crippen LogP contribution < -0.4 is 20.3 Å². The minimum absolute atomic E-state index is 0.0513. The first kappa shape index (κ1) is 23.6. The van der Waals surface area contributed by atoms with Crippen molar-refractivity contribution in [2.45, 2.75) is 57.7 Å². The smallest absolute Gasteiger partial charge is 0.252 e. The van der Waals surface area contributed by atoms with Gasteiger partial charge in [-0.2, -0.15) is 0 Å². The van der Waals surface area contributed by atoms with Crippen LogP contribution in [0.25, 0.3) is 11.3 Å². The zero-order chi connectivity index (χ0) is 23.5. The van der Waals surface area contributed by atoms with Crippen LogP contribution in [0.1, 0.15) is 50.9 Å². The molecule has 32 heavy (non-hydrogen) atoms. The lowest BCUT2D eigenvalue weighted by atomic mass is 9.79. The molecule has 1 aromatic heterocycles. The molecule has 1 aliphatic heterocycles. The molecule has 2 aromatic rings. The first-order valence-electron chi connectivity index (χ1n) is 10.8. The zero-order valence-electron chi connectivity index (χ0n) is 19.8. The number of nitrogens with one attached hydrogen (secondary N) is 2. The van der Waals surface area contributed by atoms with Gasteiger partial charge in [0.05, 0.1) is 19.3 Å². The van der Waals surface area contributed by atoms with Crippen LogP contribution in [-0.4, -0.2) is 53.9 Å². The van der Waals surface area contributed by atoms with Gasteiger partial charge in [0, 0.05) is 35.3 Å². The second-order valence-electron chi connectivity index (χ2n) is 9.64. The van der Waals surface area contributed by atoms with E-state index in [4.69, 9.17) is 11.2 Å². The topological polar surface area (TPSA) is 79.4 Å². The zero-order valence-corrected chi connectivity index (χ0v) is 19.8. The van der Waals surface area contributed by atoms with Gasteiger partial charge in [0.15, 0.2) is 5.82 Å². The summed E-state index contributed by atoms with van der Waals surface area (Å²) in [4.78, 5) is 14.4. The second-order valence-corrected chi connectivity index (χ2v) is 9.64. The van der Waals surface area contributed by atoms with E-state index in [9.17, 15) is 4.79 Å². The molecule has 0 saturated carbocycles. The molecule has 7 nitrogen and oxygen atoms in total. The Bertz CT molecular complexity index is 992. The average molecular weight is 436 g/mol. The van der Waals surface area contributed by atoms with E-state index in [1.54, 1.807) is 19.2 Å². The van der Waals surface area contributed by atoms with Crippen molar-refractivity contribution in [1.82, 2.24) is 20.8 Å². The number of amides is 1. The highest BCUT2D eigenvalue weighted by Gasteiger charge is 2.39. The molecule has 1 aromatic carbocycles. The van der Waals surface area contributed by atoms with Crippen LogP contribution in [0.3, 0.4) is 0 Å². The van der Waals surface area contributed by atoms with Gasteiger partial charge in [0.25, 0.3) is 5.91 Å².